The number of nitrogens with one attached hydrogen (secondary N) is 1. The van der Waals surface area contributed by atoms with Gasteiger partial charge in [-0.2, -0.15) is 0 Å². The molecule has 0 heterocycles. The molecule has 0 amide bonds. The summed E-state index contributed by atoms with van der Waals surface area (Å²) < 4.78 is 13.7. The number of anilines is 1. The zero-order chi connectivity index (χ0) is 12.8. The number of nitrogens with two attached hydrogens (primary N) is 1. The number of benzene rings is 1. The maximum absolute atomic E-state index is 13.2. The van der Waals surface area contributed by atoms with E-state index < -0.39 is 0 Å². The Morgan fingerprint density at radius 2 is 2.28 bits per heavy atom. The van der Waals surface area contributed by atoms with Crippen LogP contribution in [-0.4, -0.2) is 12.1 Å². The molecule has 0 spiro atoms. The first kappa shape index (κ1) is 12.4. The molecule has 4 heteroatoms. The molecule has 2 aliphatic rings. The largest absolute Gasteiger partial charge is 0.378 e. The molecule has 3 rings (SSSR count). The standard InChI is InChI=1S/C14H18BrFN2/c15-12-6-11(3-4-13(12)16)18-14(8-17)7-9-1-2-10(14)5-9/h3-4,6,9-10,18H,1-2,5,7-8,17H2. The SMILES string of the molecule is NCC1(Nc2ccc(F)c(Br)c2)CC2CCC1C2. The van der Waals surface area contributed by atoms with Crippen molar-refractivity contribution >= 4 is 21.6 Å². The van der Waals surface area contributed by atoms with E-state index in [2.05, 4.69) is 21.2 Å². The second-order valence-electron chi connectivity index (χ2n) is 5.69. The molecule has 1 aromatic carbocycles. The molecule has 0 radical (unpaired) electrons. The molecule has 1 aromatic rings. The monoisotopic (exact) mass is 312 g/mol. The van der Waals surface area contributed by atoms with Crippen molar-refractivity contribution < 1.29 is 4.39 Å². The molecule has 3 unspecified atom stereocenters. The van der Waals surface area contributed by atoms with Crippen LogP contribution in [0.2, 0.25) is 0 Å². The fourth-order valence-corrected chi connectivity index (χ4v) is 4.14. The summed E-state index contributed by atoms with van der Waals surface area (Å²) >= 11 is 3.23. The van der Waals surface area contributed by atoms with Crippen molar-refractivity contribution in [2.24, 2.45) is 17.6 Å². The van der Waals surface area contributed by atoms with Crippen LogP contribution in [0.1, 0.15) is 25.7 Å². The molecule has 3 atom stereocenters. The molecule has 0 aliphatic heterocycles. The van der Waals surface area contributed by atoms with Crippen molar-refractivity contribution in [3.8, 4) is 0 Å². The predicted octanol–water partition coefficient (Wildman–Crippen LogP) is 3.52. The van der Waals surface area contributed by atoms with E-state index >= 15 is 0 Å². The van der Waals surface area contributed by atoms with Crippen LogP contribution in [0.3, 0.4) is 0 Å². The zero-order valence-electron chi connectivity index (χ0n) is 10.3. The van der Waals surface area contributed by atoms with Gasteiger partial charge in [-0.3, -0.25) is 0 Å². The van der Waals surface area contributed by atoms with Crippen LogP contribution in [0.4, 0.5) is 10.1 Å². The summed E-state index contributed by atoms with van der Waals surface area (Å²) in [5, 5.41) is 3.58. The van der Waals surface area contributed by atoms with Crippen LogP contribution in [0.5, 0.6) is 0 Å². The molecule has 98 valence electrons. The minimum atomic E-state index is -0.227. The normalized spacial score (nSPS) is 33.9. The third-order valence-electron chi connectivity index (χ3n) is 4.65. The highest BCUT2D eigenvalue weighted by Crippen LogP contribution is 2.51. The quantitative estimate of drug-likeness (QED) is 0.896. The van der Waals surface area contributed by atoms with E-state index in [1.165, 1.54) is 25.3 Å². The second kappa shape index (κ2) is 4.49. The molecule has 2 saturated carbocycles. The molecule has 2 fully saturated rings. The minimum absolute atomic E-state index is 0.0280. The number of hydrogen-bond donors (Lipinski definition) is 2. The lowest BCUT2D eigenvalue weighted by Crippen LogP contribution is -2.49. The Balaban J connectivity index is 1.84. The highest BCUT2D eigenvalue weighted by Gasteiger charge is 2.50. The van der Waals surface area contributed by atoms with Gasteiger partial charge in [0.2, 0.25) is 0 Å². The summed E-state index contributed by atoms with van der Waals surface area (Å²) in [5.74, 6) is 1.28. The highest BCUT2D eigenvalue weighted by molar-refractivity contribution is 9.10. The van der Waals surface area contributed by atoms with Gasteiger partial charge in [0.1, 0.15) is 5.82 Å². The van der Waals surface area contributed by atoms with Crippen LogP contribution < -0.4 is 11.1 Å². The van der Waals surface area contributed by atoms with E-state index in [0.717, 1.165) is 18.0 Å². The van der Waals surface area contributed by atoms with Crippen molar-refractivity contribution in [3.63, 3.8) is 0 Å². The van der Waals surface area contributed by atoms with E-state index in [0.29, 0.717) is 16.9 Å². The Bertz CT molecular complexity index is 465. The van der Waals surface area contributed by atoms with Crippen LogP contribution in [0.15, 0.2) is 22.7 Å². The van der Waals surface area contributed by atoms with Gasteiger partial charge in [0, 0.05) is 12.2 Å². The summed E-state index contributed by atoms with van der Waals surface area (Å²) in [5.41, 5.74) is 7.01. The molecule has 18 heavy (non-hydrogen) atoms. The number of hydrogen-bond acceptors (Lipinski definition) is 2. The van der Waals surface area contributed by atoms with Gasteiger partial charge in [-0.15, -0.1) is 0 Å². The molecular weight excluding hydrogens is 295 g/mol. The fourth-order valence-electron chi connectivity index (χ4n) is 3.76. The summed E-state index contributed by atoms with van der Waals surface area (Å²) in [4.78, 5) is 0. The molecule has 0 aromatic heterocycles. The van der Waals surface area contributed by atoms with E-state index in [4.69, 9.17) is 5.73 Å². The Labute approximate surface area is 115 Å². The van der Waals surface area contributed by atoms with Gasteiger partial charge >= 0.3 is 0 Å². The zero-order valence-corrected chi connectivity index (χ0v) is 11.8. The fraction of sp³-hybridized carbons (Fsp3) is 0.571. The average Bonchev–Trinajstić information content (AvgIpc) is 2.94. The van der Waals surface area contributed by atoms with Gasteiger partial charge in [0.15, 0.2) is 0 Å². The Morgan fingerprint density at radius 3 is 2.83 bits per heavy atom. The van der Waals surface area contributed by atoms with Gasteiger partial charge in [0.25, 0.3) is 0 Å². The minimum Gasteiger partial charge on any atom is -0.378 e. The predicted molar refractivity (Wildman–Crippen MR) is 75.0 cm³/mol. The Kier molecular flexibility index (Phi) is 3.10. The van der Waals surface area contributed by atoms with Crippen molar-refractivity contribution in [3.05, 3.63) is 28.5 Å². The molecular formula is C14H18BrFN2. The first-order valence-electron chi connectivity index (χ1n) is 6.56. The van der Waals surface area contributed by atoms with E-state index in [1.807, 2.05) is 0 Å². The molecule has 2 bridgehead atoms. The third kappa shape index (κ3) is 1.95. The second-order valence-corrected chi connectivity index (χ2v) is 6.55. The molecule has 2 aliphatic carbocycles. The summed E-state index contributed by atoms with van der Waals surface area (Å²) in [7, 11) is 0. The van der Waals surface area contributed by atoms with Crippen molar-refractivity contribution in [2.75, 3.05) is 11.9 Å². The first-order chi connectivity index (χ1) is 8.63. The summed E-state index contributed by atoms with van der Waals surface area (Å²) in [6.07, 6.45) is 5.08. The van der Waals surface area contributed by atoms with Crippen molar-refractivity contribution in [1.82, 2.24) is 0 Å². The molecule has 3 N–H and O–H groups in total. The number of rotatable bonds is 3. The number of fused-ring (bicyclic) bond motifs is 2. The van der Waals surface area contributed by atoms with Crippen LogP contribution in [-0.2, 0) is 0 Å². The van der Waals surface area contributed by atoms with Crippen LogP contribution >= 0.6 is 15.9 Å². The smallest absolute Gasteiger partial charge is 0.137 e. The summed E-state index contributed by atoms with van der Waals surface area (Å²) in [6.45, 7) is 0.656. The maximum atomic E-state index is 13.2. The van der Waals surface area contributed by atoms with Crippen molar-refractivity contribution in [2.45, 2.75) is 31.2 Å². The van der Waals surface area contributed by atoms with E-state index in [9.17, 15) is 4.39 Å². The van der Waals surface area contributed by atoms with Gasteiger partial charge in [-0.25, -0.2) is 4.39 Å². The average molecular weight is 313 g/mol. The highest BCUT2D eigenvalue weighted by atomic mass is 79.9. The van der Waals surface area contributed by atoms with Gasteiger partial charge in [0.05, 0.1) is 10.0 Å². The molecule has 0 saturated heterocycles. The van der Waals surface area contributed by atoms with Gasteiger partial charge in [-0.1, -0.05) is 0 Å². The Hall–Kier alpha value is -0.610. The topological polar surface area (TPSA) is 38.0 Å². The van der Waals surface area contributed by atoms with E-state index in [1.54, 1.807) is 12.1 Å². The maximum Gasteiger partial charge on any atom is 0.137 e. The van der Waals surface area contributed by atoms with Gasteiger partial charge in [-0.05, 0) is 71.6 Å². The number of halogens is 2. The summed E-state index contributed by atoms with van der Waals surface area (Å²) in [6, 6.07) is 5.09. The lowest BCUT2D eigenvalue weighted by molar-refractivity contribution is 0.306. The van der Waals surface area contributed by atoms with Crippen LogP contribution in [0, 0.1) is 17.7 Å². The van der Waals surface area contributed by atoms with Gasteiger partial charge < -0.3 is 11.1 Å². The lowest BCUT2D eigenvalue weighted by Gasteiger charge is -2.38. The lowest BCUT2D eigenvalue weighted by atomic mass is 9.80. The van der Waals surface area contributed by atoms with Crippen molar-refractivity contribution in [1.29, 1.82) is 0 Å². The van der Waals surface area contributed by atoms with E-state index in [-0.39, 0.29) is 11.4 Å². The Morgan fingerprint density at radius 1 is 1.44 bits per heavy atom. The first-order valence-corrected chi connectivity index (χ1v) is 7.35. The van der Waals surface area contributed by atoms with Crippen LogP contribution in [0.25, 0.3) is 0 Å². The molecule has 2 nitrogen and oxygen atoms in total. The third-order valence-corrected chi connectivity index (χ3v) is 5.26.